The van der Waals surface area contributed by atoms with Crippen LogP contribution in [0.2, 0.25) is 0 Å². The first kappa shape index (κ1) is 41.7. The predicted octanol–water partition coefficient (Wildman–Crippen LogP) is 4.16. The third kappa shape index (κ3) is 8.93. The molecule has 1 unspecified atom stereocenters. The summed E-state index contributed by atoms with van der Waals surface area (Å²) in [7, 11) is -3.97. The maximum Gasteiger partial charge on any atom is 0.262 e. The molecule has 2 fully saturated rings. The Labute approximate surface area is 348 Å². The lowest BCUT2D eigenvalue weighted by molar-refractivity contribution is -0.136. The molecule has 0 bridgehead atoms. The number of carbonyl (C=O) groups excluding carboxylic acids is 5. The van der Waals surface area contributed by atoms with Gasteiger partial charge in [-0.15, -0.1) is 0 Å². The normalized spacial score (nSPS) is 17.1. The molecular weight excluding hydrogens is 789 g/mol. The number of aryl methyl sites for hydroxylation is 1. The van der Waals surface area contributed by atoms with E-state index in [0.717, 1.165) is 21.8 Å². The second-order valence-corrected chi connectivity index (χ2v) is 17.6. The zero-order chi connectivity index (χ0) is 42.9. The molecular formula is C42H48N10O7S. The van der Waals surface area contributed by atoms with Crippen LogP contribution in [-0.2, 0) is 29.8 Å². The minimum atomic E-state index is -3.97. The number of nitrogens with two attached hydrogens (primary N) is 1. The molecule has 7 rings (SSSR count). The van der Waals surface area contributed by atoms with Crippen LogP contribution in [0.25, 0.3) is 0 Å². The molecule has 0 saturated carbocycles. The number of piperidine rings is 1. The number of nitrogens with one attached hydrogen (secondary N) is 4. The molecule has 60 heavy (non-hydrogen) atoms. The van der Waals surface area contributed by atoms with Crippen LogP contribution in [-0.4, -0.2) is 96.5 Å². The average molecular weight is 837 g/mol. The molecule has 6 N–H and O–H groups in total. The molecule has 3 aliphatic heterocycles. The molecule has 314 valence electrons. The molecule has 0 aliphatic carbocycles. The molecule has 17 nitrogen and oxygen atoms in total. The van der Waals surface area contributed by atoms with Gasteiger partial charge in [-0.25, -0.2) is 18.5 Å². The second kappa shape index (κ2) is 16.7. The summed E-state index contributed by atoms with van der Waals surface area (Å²) >= 11 is 0. The van der Waals surface area contributed by atoms with E-state index in [-0.39, 0.29) is 34.8 Å². The van der Waals surface area contributed by atoms with Crippen LogP contribution in [0.5, 0.6) is 0 Å². The Kier molecular flexibility index (Phi) is 11.6. The highest BCUT2D eigenvalue weighted by Crippen LogP contribution is 2.37. The number of carbonyl (C=O) groups is 5. The molecule has 1 atom stereocenters. The fourth-order valence-electron chi connectivity index (χ4n) is 7.71. The molecule has 4 heterocycles. The van der Waals surface area contributed by atoms with Crippen molar-refractivity contribution in [3.05, 3.63) is 89.1 Å². The summed E-state index contributed by atoms with van der Waals surface area (Å²) in [6.45, 7) is 10.6. The topological polar surface area (TPSA) is 229 Å². The van der Waals surface area contributed by atoms with Crippen LogP contribution in [0.15, 0.2) is 71.8 Å². The number of rotatable bonds is 12. The fraction of sp³-hybridized carbons (Fsp3) is 0.357. The summed E-state index contributed by atoms with van der Waals surface area (Å²) < 4.78 is 24.9. The van der Waals surface area contributed by atoms with Gasteiger partial charge in [0, 0.05) is 85.6 Å². The van der Waals surface area contributed by atoms with E-state index in [1.165, 1.54) is 6.07 Å². The minimum absolute atomic E-state index is 0.0539. The van der Waals surface area contributed by atoms with Gasteiger partial charge >= 0.3 is 0 Å². The molecule has 3 aliphatic rings. The van der Waals surface area contributed by atoms with E-state index < -0.39 is 45.1 Å². The highest BCUT2D eigenvalue weighted by Gasteiger charge is 2.44. The summed E-state index contributed by atoms with van der Waals surface area (Å²) in [5.41, 5.74) is 4.19. The zero-order valence-corrected chi connectivity index (χ0v) is 34.7. The lowest BCUT2D eigenvalue weighted by Gasteiger charge is -2.36. The van der Waals surface area contributed by atoms with E-state index in [4.69, 9.17) is 5.14 Å². The number of anilines is 6. The molecule has 5 amide bonds. The third-order valence-corrected chi connectivity index (χ3v) is 11.7. The lowest BCUT2D eigenvalue weighted by Crippen LogP contribution is -2.54. The van der Waals surface area contributed by atoms with E-state index in [1.807, 2.05) is 56.9 Å². The number of sulfonamides is 1. The molecule has 0 spiro atoms. The maximum atomic E-state index is 13.1. The number of primary sulfonamides is 1. The molecule has 18 heteroatoms. The quantitative estimate of drug-likeness (QED) is 0.0999. The first-order chi connectivity index (χ1) is 28.5. The van der Waals surface area contributed by atoms with Gasteiger partial charge in [0.2, 0.25) is 33.7 Å². The average Bonchev–Trinajstić information content (AvgIpc) is 3.45. The van der Waals surface area contributed by atoms with Gasteiger partial charge in [0.15, 0.2) is 0 Å². The van der Waals surface area contributed by atoms with Crippen LogP contribution in [0.1, 0.15) is 78.3 Å². The van der Waals surface area contributed by atoms with E-state index in [2.05, 4.69) is 36.1 Å². The van der Waals surface area contributed by atoms with E-state index >= 15 is 0 Å². The largest absolute Gasteiger partial charge is 0.385 e. The van der Waals surface area contributed by atoms with Gasteiger partial charge in [-0.1, -0.05) is 26.8 Å². The van der Waals surface area contributed by atoms with E-state index in [9.17, 15) is 32.4 Å². The van der Waals surface area contributed by atoms with E-state index in [0.29, 0.717) is 74.3 Å². The van der Waals surface area contributed by atoms with Gasteiger partial charge in [-0.3, -0.25) is 34.2 Å². The number of hydrogen-bond donors (Lipinski definition) is 5. The smallest absolute Gasteiger partial charge is 0.262 e. The summed E-state index contributed by atoms with van der Waals surface area (Å²) in [6.07, 6.45) is 2.74. The Morgan fingerprint density at radius 1 is 0.917 bits per heavy atom. The van der Waals surface area contributed by atoms with Crippen molar-refractivity contribution in [1.82, 2.24) is 25.1 Å². The van der Waals surface area contributed by atoms with Crippen molar-refractivity contribution < 1.29 is 32.4 Å². The van der Waals surface area contributed by atoms with Crippen molar-refractivity contribution in [3.8, 4) is 0 Å². The Morgan fingerprint density at radius 2 is 1.62 bits per heavy atom. The Bertz CT molecular complexity index is 2480. The monoisotopic (exact) mass is 836 g/mol. The Hall–Kier alpha value is -6.40. The van der Waals surface area contributed by atoms with Crippen molar-refractivity contribution in [1.29, 1.82) is 0 Å². The van der Waals surface area contributed by atoms with Crippen molar-refractivity contribution in [2.75, 3.05) is 53.6 Å². The summed E-state index contributed by atoms with van der Waals surface area (Å²) in [4.78, 5) is 77.3. The summed E-state index contributed by atoms with van der Waals surface area (Å²) in [6, 6.07) is 16.6. The number of fused-ring (bicyclic) bond motifs is 1. The number of piperazine rings is 1. The molecule has 0 radical (unpaired) electrons. The second-order valence-electron chi connectivity index (χ2n) is 16.1. The predicted molar refractivity (Wildman–Crippen MR) is 226 cm³/mol. The number of imide groups is 2. The van der Waals surface area contributed by atoms with Gasteiger partial charge in [-0.2, -0.15) is 4.98 Å². The number of aromatic nitrogens is 2. The molecule has 4 aromatic rings. The summed E-state index contributed by atoms with van der Waals surface area (Å²) in [5.74, 6) is -1.27. The van der Waals surface area contributed by atoms with Crippen molar-refractivity contribution >= 4 is 74.1 Å². The van der Waals surface area contributed by atoms with Gasteiger partial charge < -0.3 is 25.8 Å². The highest BCUT2D eigenvalue weighted by atomic mass is 32.2. The lowest BCUT2D eigenvalue weighted by atomic mass is 9.85. The van der Waals surface area contributed by atoms with Crippen LogP contribution in [0.3, 0.4) is 0 Å². The number of amides is 5. The van der Waals surface area contributed by atoms with Crippen LogP contribution >= 0.6 is 0 Å². The maximum absolute atomic E-state index is 13.1. The standard InChI is InChI=1S/C42H48N10O7S/c1-25-24-45-41(49-37(25)47-31-7-5-8-33(60(43,58)59)36(31)42(2,3)4)46-26-10-13-28(14-11-26)50-19-21-51(22-20-50)35(54)9-6-18-44-27-12-15-29-30(23-27)40(57)52(39(29)56)32-16-17-34(53)48-38(32)55/h5,7-8,10-15,23-24,32,44H,6,9,16-22H2,1-4H3,(H2,43,58,59)(H,48,53,55)(H2,45,46,47,49). The fourth-order valence-corrected chi connectivity index (χ4v) is 8.68. The van der Waals surface area contributed by atoms with Crippen LogP contribution in [0.4, 0.5) is 34.5 Å². The SMILES string of the molecule is Cc1cnc(Nc2ccc(N3CCN(C(=O)CCCNc4ccc5c(c4)C(=O)N(C4CCC(=O)NC4=O)C5=O)CC3)cc2)nc1Nc1cccc(S(N)(=O)=O)c1C(C)(C)C. The van der Waals surface area contributed by atoms with Gasteiger partial charge in [0.05, 0.1) is 16.0 Å². The molecule has 3 aromatic carbocycles. The summed E-state index contributed by atoms with van der Waals surface area (Å²) in [5, 5.41) is 17.5. The number of nitrogens with zero attached hydrogens (tertiary/aromatic N) is 5. The Morgan fingerprint density at radius 3 is 2.30 bits per heavy atom. The molecule has 2 saturated heterocycles. The first-order valence-corrected chi connectivity index (χ1v) is 21.3. The van der Waals surface area contributed by atoms with E-state index in [1.54, 1.807) is 36.5 Å². The van der Waals surface area contributed by atoms with Gasteiger partial charge in [-0.05, 0) is 79.8 Å². The van der Waals surface area contributed by atoms with Crippen LogP contribution < -0.4 is 31.3 Å². The highest BCUT2D eigenvalue weighted by molar-refractivity contribution is 7.89. The van der Waals surface area contributed by atoms with Gasteiger partial charge in [0.1, 0.15) is 11.9 Å². The third-order valence-electron chi connectivity index (χ3n) is 10.8. The van der Waals surface area contributed by atoms with Crippen molar-refractivity contribution in [2.24, 2.45) is 5.14 Å². The Balaban J connectivity index is 0.877. The number of hydrogen-bond acceptors (Lipinski definition) is 13. The van der Waals surface area contributed by atoms with Crippen molar-refractivity contribution in [2.45, 2.75) is 69.7 Å². The van der Waals surface area contributed by atoms with Gasteiger partial charge in [0.25, 0.3) is 11.8 Å². The molecule has 1 aromatic heterocycles. The van der Waals surface area contributed by atoms with Crippen LogP contribution in [0, 0.1) is 6.92 Å². The number of benzene rings is 3. The minimum Gasteiger partial charge on any atom is -0.385 e. The zero-order valence-electron chi connectivity index (χ0n) is 33.9. The first-order valence-electron chi connectivity index (χ1n) is 19.7. The van der Waals surface area contributed by atoms with Crippen molar-refractivity contribution in [3.63, 3.8) is 0 Å².